The van der Waals surface area contributed by atoms with Crippen molar-refractivity contribution in [2.75, 3.05) is 44.2 Å². The molecule has 12 heteroatoms. The number of hydrogen-bond donors (Lipinski definition) is 2. The van der Waals surface area contributed by atoms with Crippen LogP contribution in [0.3, 0.4) is 0 Å². The van der Waals surface area contributed by atoms with E-state index < -0.39 is 11.7 Å². The first-order valence-electron chi connectivity index (χ1n) is 17.3. The van der Waals surface area contributed by atoms with Gasteiger partial charge in [0.15, 0.2) is 12.8 Å². The molecule has 0 spiro atoms. The van der Waals surface area contributed by atoms with E-state index in [0.29, 0.717) is 63.4 Å². The van der Waals surface area contributed by atoms with Gasteiger partial charge in [-0.15, -0.1) is 0 Å². The highest BCUT2D eigenvalue weighted by Crippen LogP contribution is 2.30. The van der Waals surface area contributed by atoms with Gasteiger partial charge >= 0.3 is 18.0 Å². The fraction of sp³-hybridized carbons (Fsp3) is 0.714. The Morgan fingerprint density at radius 1 is 1.19 bits per heavy atom. The Balaban J connectivity index is 1.31. The summed E-state index contributed by atoms with van der Waals surface area (Å²) in [6, 6.07) is 1.56. The number of urea groups is 1. The topological polar surface area (TPSA) is 142 Å². The molecule has 0 saturated carbocycles. The van der Waals surface area contributed by atoms with Gasteiger partial charge in [-0.2, -0.15) is 9.57 Å². The SMILES string of the molecule is Cc1cc(OCCC(C)C2CCN(C(=O)N=C(N)C(C)C)CC2)cnc1N1CC(C=[N+]2CCCCC2=O)C(NC(=O)OC(C)(C)C)C1. The molecule has 0 aliphatic carbocycles. The summed E-state index contributed by atoms with van der Waals surface area (Å²) in [6.07, 6.45) is 8.56. The second-order valence-electron chi connectivity index (χ2n) is 14.7. The van der Waals surface area contributed by atoms with Crippen LogP contribution in [-0.2, 0) is 9.53 Å². The normalized spacial score (nSPS) is 22.9. The molecular formula is C35H56N7O5+. The lowest BCUT2D eigenvalue weighted by molar-refractivity contribution is -0.454. The number of piperidine rings is 2. The van der Waals surface area contributed by atoms with E-state index in [2.05, 4.69) is 22.1 Å². The lowest BCUT2D eigenvalue weighted by Gasteiger charge is -2.34. The molecular weight excluding hydrogens is 598 g/mol. The fourth-order valence-corrected chi connectivity index (χ4v) is 6.50. The average molecular weight is 655 g/mol. The molecule has 3 saturated heterocycles. The molecule has 0 aromatic carbocycles. The van der Waals surface area contributed by atoms with Gasteiger partial charge in [-0.1, -0.05) is 20.8 Å². The number of amides is 4. The summed E-state index contributed by atoms with van der Waals surface area (Å²) in [5.41, 5.74) is 6.26. The van der Waals surface area contributed by atoms with E-state index in [0.717, 1.165) is 49.2 Å². The highest BCUT2D eigenvalue weighted by molar-refractivity contribution is 5.93. The molecule has 3 aliphatic heterocycles. The maximum atomic E-state index is 12.7. The van der Waals surface area contributed by atoms with Gasteiger partial charge in [0.25, 0.3) is 0 Å². The van der Waals surface area contributed by atoms with Gasteiger partial charge in [0, 0.05) is 38.5 Å². The van der Waals surface area contributed by atoms with Crippen LogP contribution in [0.1, 0.15) is 85.6 Å². The smallest absolute Gasteiger partial charge is 0.407 e. The number of aromatic nitrogens is 1. The van der Waals surface area contributed by atoms with Crippen molar-refractivity contribution in [3.8, 4) is 5.75 Å². The van der Waals surface area contributed by atoms with Gasteiger partial charge in [-0.25, -0.2) is 19.4 Å². The summed E-state index contributed by atoms with van der Waals surface area (Å²) < 4.78 is 13.5. The minimum absolute atomic E-state index is 0.0563. The van der Waals surface area contributed by atoms with E-state index in [4.69, 9.17) is 20.2 Å². The van der Waals surface area contributed by atoms with Crippen molar-refractivity contribution in [3.05, 3.63) is 17.8 Å². The van der Waals surface area contributed by atoms with Crippen molar-refractivity contribution >= 4 is 35.9 Å². The molecule has 0 bridgehead atoms. The number of nitrogens with two attached hydrogens (primary N) is 1. The molecule has 47 heavy (non-hydrogen) atoms. The van der Waals surface area contributed by atoms with Crippen molar-refractivity contribution in [2.45, 2.75) is 98.6 Å². The van der Waals surface area contributed by atoms with Gasteiger partial charge in [-0.05, 0) is 76.8 Å². The molecule has 12 nitrogen and oxygen atoms in total. The van der Waals surface area contributed by atoms with E-state index in [9.17, 15) is 14.4 Å². The average Bonchev–Trinajstić information content (AvgIpc) is 3.38. The number of nitrogens with zero attached hydrogens (tertiary/aromatic N) is 5. The summed E-state index contributed by atoms with van der Waals surface area (Å²) in [4.78, 5) is 50.5. The molecule has 4 amide bonds. The minimum atomic E-state index is -0.605. The fourth-order valence-electron chi connectivity index (χ4n) is 6.50. The van der Waals surface area contributed by atoms with Crippen molar-refractivity contribution in [3.63, 3.8) is 0 Å². The molecule has 4 heterocycles. The zero-order valence-corrected chi connectivity index (χ0v) is 29.5. The summed E-state index contributed by atoms with van der Waals surface area (Å²) in [7, 11) is 0. The van der Waals surface area contributed by atoms with Crippen molar-refractivity contribution in [2.24, 2.45) is 34.4 Å². The maximum Gasteiger partial charge on any atom is 0.407 e. The zero-order valence-electron chi connectivity index (χ0n) is 29.5. The number of nitrogens with one attached hydrogen (secondary N) is 1. The van der Waals surface area contributed by atoms with Crippen LogP contribution in [0.25, 0.3) is 0 Å². The number of alkyl carbamates (subject to hydrolysis) is 1. The second kappa shape index (κ2) is 15.9. The van der Waals surface area contributed by atoms with Gasteiger partial charge in [-0.3, -0.25) is 0 Å². The number of aliphatic imine (C=N–C) groups is 1. The molecule has 4 rings (SSSR count). The van der Waals surface area contributed by atoms with Crippen LogP contribution >= 0.6 is 0 Å². The van der Waals surface area contributed by atoms with Gasteiger partial charge < -0.3 is 30.3 Å². The van der Waals surface area contributed by atoms with Crippen molar-refractivity contribution < 1.29 is 28.4 Å². The summed E-state index contributed by atoms with van der Waals surface area (Å²) in [5, 5.41) is 3.05. The van der Waals surface area contributed by atoms with E-state index in [1.165, 1.54) is 0 Å². The number of aryl methyl sites for hydroxylation is 1. The van der Waals surface area contributed by atoms with E-state index in [1.807, 2.05) is 58.4 Å². The van der Waals surface area contributed by atoms with Crippen LogP contribution in [0.5, 0.6) is 5.75 Å². The zero-order chi connectivity index (χ0) is 34.3. The Morgan fingerprint density at radius 2 is 1.91 bits per heavy atom. The molecule has 1 aromatic heterocycles. The number of rotatable bonds is 9. The highest BCUT2D eigenvalue weighted by Gasteiger charge is 2.38. The molecule has 3 fully saturated rings. The largest absolute Gasteiger partial charge is 0.492 e. The first-order valence-corrected chi connectivity index (χ1v) is 17.3. The summed E-state index contributed by atoms with van der Waals surface area (Å²) >= 11 is 0. The third-order valence-corrected chi connectivity index (χ3v) is 9.40. The Labute approximate surface area is 280 Å². The first-order chi connectivity index (χ1) is 22.2. The van der Waals surface area contributed by atoms with Crippen LogP contribution in [-0.4, -0.2) is 95.5 Å². The van der Waals surface area contributed by atoms with Crippen molar-refractivity contribution in [1.82, 2.24) is 15.2 Å². The van der Waals surface area contributed by atoms with Crippen LogP contribution in [0, 0.1) is 30.6 Å². The number of ether oxygens (including phenoxy) is 2. The third kappa shape index (κ3) is 10.4. The quantitative estimate of drug-likeness (QED) is 0.221. The van der Waals surface area contributed by atoms with Gasteiger partial charge in [0.1, 0.15) is 23.0 Å². The maximum absolute atomic E-state index is 12.7. The Bertz CT molecular complexity index is 1330. The summed E-state index contributed by atoms with van der Waals surface area (Å²) in [6.45, 7) is 17.5. The van der Waals surface area contributed by atoms with Gasteiger partial charge in [0.05, 0.1) is 31.2 Å². The first kappa shape index (κ1) is 36.1. The van der Waals surface area contributed by atoms with Gasteiger partial charge in [0.2, 0.25) is 0 Å². The van der Waals surface area contributed by atoms with E-state index >= 15 is 0 Å². The van der Waals surface area contributed by atoms with Crippen LogP contribution in [0.4, 0.5) is 15.4 Å². The summed E-state index contributed by atoms with van der Waals surface area (Å²) in [5.74, 6) is 3.05. The monoisotopic (exact) mass is 654 g/mol. The lowest BCUT2D eigenvalue weighted by atomic mass is 9.84. The number of anilines is 1. The predicted octanol–water partition coefficient (Wildman–Crippen LogP) is 4.76. The minimum Gasteiger partial charge on any atom is -0.492 e. The number of likely N-dealkylation sites (tertiary alicyclic amines) is 1. The van der Waals surface area contributed by atoms with E-state index in [-0.39, 0.29) is 29.8 Å². The Hall–Kier alpha value is -3.70. The number of carbonyl (C=O) groups excluding carboxylic acids is 3. The van der Waals surface area contributed by atoms with Crippen molar-refractivity contribution in [1.29, 1.82) is 0 Å². The Morgan fingerprint density at radius 3 is 2.55 bits per heavy atom. The van der Waals surface area contributed by atoms with Crippen LogP contribution < -0.4 is 20.7 Å². The number of pyridine rings is 1. The van der Waals surface area contributed by atoms with E-state index in [1.54, 1.807) is 11.1 Å². The number of amidine groups is 1. The molecule has 3 aliphatic rings. The highest BCUT2D eigenvalue weighted by atomic mass is 16.6. The molecule has 3 atom stereocenters. The molecule has 0 radical (unpaired) electrons. The standard InChI is InChI=1S/C35H55N7O5/c1-23(2)31(36)39-33(44)40-15-11-26(12-16-40)24(3)13-17-46-28-18-25(4)32(37-19-28)42-21-27(20-41-14-9-8-10-30(41)43)29(22-42)38-34(45)47-35(5,6)7/h18-20,23-24,26-27,29H,8-17,21-22H2,1-7H3,(H2-,36,38,39,44,45)/p+1. The molecule has 3 unspecified atom stereocenters. The second-order valence-corrected chi connectivity index (χ2v) is 14.7. The third-order valence-electron chi connectivity index (χ3n) is 9.40. The lowest BCUT2D eigenvalue weighted by Crippen LogP contribution is -2.44. The molecule has 1 aromatic rings. The predicted molar refractivity (Wildman–Crippen MR) is 183 cm³/mol. The van der Waals surface area contributed by atoms with Crippen LogP contribution in [0.2, 0.25) is 0 Å². The van der Waals surface area contributed by atoms with Crippen LogP contribution in [0.15, 0.2) is 17.3 Å². The molecule has 3 N–H and O–H groups in total. The number of carbonyl (C=O) groups is 3. The number of hydrogen-bond acceptors (Lipinski definition) is 7. The molecule has 260 valence electrons. The Kier molecular flexibility index (Phi) is 12.2.